The van der Waals surface area contributed by atoms with Crippen molar-refractivity contribution in [3.8, 4) is 5.69 Å². The maximum absolute atomic E-state index is 14.3. The number of aryl methyl sites for hydroxylation is 1. The SMILES string of the molecule is C=S(=O)(c1ncn(C)n1)N(CC(F)(F)F)[C@H]1CCC2=Cc3c(ccn3-c3ccc(F)cc3)C[C@]2(C(=O)c2cc(F)ccn2)C1. The molecule has 6 rings (SSSR count). The number of aromatic nitrogens is 5. The van der Waals surface area contributed by atoms with Crippen molar-refractivity contribution in [3.63, 3.8) is 0 Å². The number of hydrogen-bond acceptors (Lipinski definition) is 5. The van der Waals surface area contributed by atoms with Crippen molar-refractivity contribution in [1.82, 2.24) is 28.6 Å². The molecule has 1 aromatic carbocycles. The molecule has 0 bridgehead atoms. The van der Waals surface area contributed by atoms with Gasteiger partial charge in [-0.2, -0.15) is 13.2 Å². The Morgan fingerprint density at radius 3 is 2.55 bits per heavy atom. The molecular formula is C30H27F5N6O2S. The highest BCUT2D eigenvalue weighted by Gasteiger charge is 2.52. The third-order valence-corrected chi connectivity index (χ3v) is 10.2. The first-order valence-corrected chi connectivity index (χ1v) is 15.4. The molecule has 4 aromatic rings. The molecule has 3 aromatic heterocycles. The summed E-state index contributed by atoms with van der Waals surface area (Å²) >= 11 is 0. The number of fused-ring (bicyclic) bond motifs is 2. The van der Waals surface area contributed by atoms with Crippen LogP contribution < -0.4 is 0 Å². The van der Waals surface area contributed by atoms with E-state index in [4.69, 9.17) is 0 Å². The number of benzene rings is 1. The highest BCUT2D eigenvalue weighted by molar-refractivity contribution is 7.98. The molecule has 1 fully saturated rings. The summed E-state index contributed by atoms with van der Waals surface area (Å²) in [5.74, 6) is 2.03. The van der Waals surface area contributed by atoms with Crippen LogP contribution in [0.3, 0.4) is 0 Å². The van der Waals surface area contributed by atoms with Crippen LogP contribution in [0.1, 0.15) is 41.0 Å². The summed E-state index contributed by atoms with van der Waals surface area (Å²) in [5, 5.41) is 3.64. The molecule has 0 radical (unpaired) electrons. The largest absolute Gasteiger partial charge is 0.402 e. The van der Waals surface area contributed by atoms with E-state index in [0.29, 0.717) is 16.8 Å². The van der Waals surface area contributed by atoms with Crippen molar-refractivity contribution in [2.24, 2.45) is 12.5 Å². The molecule has 0 N–H and O–H groups in total. The van der Waals surface area contributed by atoms with Gasteiger partial charge in [0.15, 0.2) is 5.78 Å². The second-order valence-corrected chi connectivity index (χ2v) is 13.2. The highest BCUT2D eigenvalue weighted by atomic mass is 32.2. The van der Waals surface area contributed by atoms with Gasteiger partial charge < -0.3 is 4.57 Å². The first-order chi connectivity index (χ1) is 20.8. The molecule has 14 heteroatoms. The maximum Gasteiger partial charge on any atom is 0.402 e. The molecule has 1 unspecified atom stereocenters. The number of allylic oxidation sites excluding steroid dienone is 1. The standard InChI is InChI=1S/C30H27F5N6O2S/c1-39-18-37-28(38-39)44(2,43)41(17-30(33,34)35)24-6-3-20-13-26-19(10-12-40(26)23-7-4-21(31)5-8-23)15-29(20,16-24)27(42)25-14-22(32)9-11-36-25/h4-5,7-14,18,24H,2-3,6,15-17H2,1H3/t24-,29-,44?/m0/s1. The Hall–Kier alpha value is -4.17. The second-order valence-electron chi connectivity index (χ2n) is 11.1. The number of carbonyl (C=O) groups is 1. The summed E-state index contributed by atoms with van der Waals surface area (Å²) < 4.78 is 87.7. The Kier molecular flexibility index (Phi) is 7.31. The van der Waals surface area contributed by atoms with Crippen LogP contribution in [-0.4, -0.2) is 63.2 Å². The predicted octanol–water partition coefficient (Wildman–Crippen LogP) is 5.20. The number of nitrogens with zero attached hydrogens (tertiary/aromatic N) is 6. The van der Waals surface area contributed by atoms with E-state index in [1.54, 1.807) is 24.4 Å². The number of carbonyl (C=O) groups excluding carboxylic acids is 1. The van der Waals surface area contributed by atoms with E-state index >= 15 is 0 Å². The lowest BCUT2D eigenvalue weighted by atomic mass is 9.60. The molecular weight excluding hydrogens is 603 g/mol. The van der Waals surface area contributed by atoms with Crippen molar-refractivity contribution < 1.29 is 31.0 Å². The van der Waals surface area contributed by atoms with E-state index in [-0.39, 0.29) is 36.5 Å². The van der Waals surface area contributed by atoms with Gasteiger partial charge >= 0.3 is 6.18 Å². The smallest absolute Gasteiger partial charge is 0.317 e. The topological polar surface area (TPSA) is 85.9 Å². The lowest BCUT2D eigenvalue weighted by Crippen LogP contribution is -2.52. The van der Waals surface area contributed by atoms with Crippen LogP contribution in [-0.2, 0) is 23.2 Å². The zero-order valence-electron chi connectivity index (χ0n) is 23.5. The van der Waals surface area contributed by atoms with Gasteiger partial charge in [-0.3, -0.25) is 14.5 Å². The highest BCUT2D eigenvalue weighted by Crippen LogP contribution is 2.51. The third-order valence-electron chi connectivity index (χ3n) is 8.24. The molecule has 0 amide bonds. The molecule has 2 aliphatic carbocycles. The fourth-order valence-electron chi connectivity index (χ4n) is 6.27. The van der Waals surface area contributed by atoms with Gasteiger partial charge in [0.1, 0.15) is 30.2 Å². The number of pyridine rings is 1. The first kappa shape index (κ1) is 29.9. The van der Waals surface area contributed by atoms with Crippen LogP contribution in [0.25, 0.3) is 11.8 Å². The number of rotatable bonds is 7. The predicted molar refractivity (Wildman–Crippen MR) is 153 cm³/mol. The van der Waals surface area contributed by atoms with Crippen LogP contribution in [0.2, 0.25) is 0 Å². The van der Waals surface area contributed by atoms with E-state index in [1.165, 1.54) is 30.2 Å². The monoisotopic (exact) mass is 630 g/mol. The zero-order valence-corrected chi connectivity index (χ0v) is 24.3. The summed E-state index contributed by atoms with van der Waals surface area (Å²) in [6, 6.07) is 8.75. The second kappa shape index (κ2) is 10.8. The van der Waals surface area contributed by atoms with E-state index in [9.17, 15) is 31.0 Å². The summed E-state index contributed by atoms with van der Waals surface area (Å²) in [6.07, 6.45) is 1.45. The van der Waals surface area contributed by atoms with Gasteiger partial charge in [-0.25, -0.2) is 22.3 Å². The van der Waals surface area contributed by atoms with E-state index in [1.807, 2.05) is 10.6 Å². The number of hydrogen-bond donors (Lipinski definition) is 0. The minimum atomic E-state index is -4.75. The molecule has 230 valence electrons. The fourth-order valence-corrected chi connectivity index (χ4v) is 7.96. The molecule has 44 heavy (non-hydrogen) atoms. The van der Waals surface area contributed by atoms with Crippen molar-refractivity contribution in [2.45, 2.75) is 43.1 Å². The average Bonchev–Trinajstić information content (AvgIpc) is 3.60. The molecule has 0 saturated heterocycles. The summed E-state index contributed by atoms with van der Waals surface area (Å²) in [7, 11) is -2.35. The molecule has 0 spiro atoms. The van der Waals surface area contributed by atoms with Crippen LogP contribution in [0, 0.1) is 17.0 Å². The fraction of sp³-hybridized carbons (Fsp3) is 0.300. The number of Topliss-reactive ketones (excluding diaryl/α,β-unsaturated/α-hetero) is 1. The van der Waals surface area contributed by atoms with Crippen molar-refractivity contribution in [3.05, 3.63) is 95.3 Å². The van der Waals surface area contributed by atoms with Gasteiger partial charge in [-0.15, -0.1) is 5.10 Å². The molecule has 0 aliphatic heterocycles. The summed E-state index contributed by atoms with van der Waals surface area (Å²) in [4.78, 5) is 22.4. The molecule has 1 saturated carbocycles. The Labute approximate surface area is 250 Å². The number of alkyl halides is 3. The number of ketones is 1. The minimum Gasteiger partial charge on any atom is -0.317 e. The molecule has 8 nitrogen and oxygen atoms in total. The van der Waals surface area contributed by atoms with Crippen molar-refractivity contribution >= 4 is 27.4 Å². The van der Waals surface area contributed by atoms with E-state index < -0.39 is 51.3 Å². The average molecular weight is 631 g/mol. The van der Waals surface area contributed by atoms with Gasteiger partial charge in [0.25, 0.3) is 0 Å². The zero-order chi connectivity index (χ0) is 31.4. The Balaban J connectivity index is 1.46. The Morgan fingerprint density at radius 1 is 1.14 bits per heavy atom. The van der Waals surface area contributed by atoms with Gasteiger partial charge in [0.05, 0.1) is 15.1 Å². The van der Waals surface area contributed by atoms with Gasteiger partial charge in [0.2, 0.25) is 5.16 Å². The molecule has 3 atom stereocenters. The Bertz CT molecular complexity index is 1880. The molecule has 3 heterocycles. The van der Waals surface area contributed by atoms with E-state index in [2.05, 4.69) is 20.9 Å². The lowest BCUT2D eigenvalue weighted by Gasteiger charge is -2.47. The number of halogens is 5. The Morgan fingerprint density at radius 2 is 1.89 bits per heavy atom. The van der Waals surface area contributed by atoms with Crippen molar-refractivity contribution in [2.75, 3.05) is 6.54 Å². The maximum atomic E-state index is 14.3. The van der Waals surface area contributed by atoms with E-state index in [0.717, 1.165) is 28.3 Å². The van der Waals surface area contributed by atoms with Crippen molar-refractivity contribution in [1.29, 1.82) is 0 Å². The van der Waals surface area contributed by atoms with Crippen LogP contribution in [0.15, 0.2) is 71.9 Å². The van der Waals surface area contributed by atoms with Crippen LogP contribution in [0.5, 0.6) is 0 Å². The third kappa shape index (κ3) is 5.36. The minimum absolute atomic E-state index is 0.0793. The van der Waals surface area contributed by atoms with Gasteiger partial charge in [-0.05, 0) is 79.6 Å². The normalized spacial score (nSPS) is 21.3. The lowest BCUT2D eigenvalue weighted by molar-refractivity contribution is -0.140. The van der Waals surface area contributed by atoms with Crippen LogP contribution in [0.4, 0.5) is 22.0 Å². The van der Waals surface area contributed by atoms with Crippen LogP contribution >= 0.6 is 0 Å². The quantitative estimate of drug-likeness (QED) is 0.159. The van der Waals surface area contributed by atoms with Gasteiger partial charge in [-0.1, -0.05) is 5.57 Å². The summed E-state index contributed by atoms with van der Waals surface area (Å²) in [6.45, 7) is -1.56. The van der Waals surface area contributed by atoms with Gasteiger partial charge in [0, 0.05) is 42.9 Å². The first-order valence-electron chi connectivity index (χ1n) is 13.7. The molecule has 2 aliphatic rings. The summed E-state index contributed by atoms with van der Waals surface area (Å²) in [5.41, 5.74) is 1.20.